The normalized spacial score (nSPS) is 12.0. The van der Waals surface area contributed by atoms with Gasteiger partial charge < -0.3 is 10.3 Å². The Bertz CT molecular complexity index is 1090. The summed E-state index contributed by atoms with van der Waals surface area (Å²) in [5.74, 6) is -1.61. The Morgan fingerprint density at radius 1 is 1.17 bits per heavy atom. The van der Waals surface area contributed by atoms with Crippen LogP contribution in [-0.4, -0.2) is 26.2 Å². The largest absolute Gasteiger partial charge is 0.363 e. The SMILES string of the molecule is CC(C)C(c1ccc(-c2ccccc2CC(=O)C(N)=O)c([N+](=O)[O-])c1)n1ccnc1. The van der Waals surface area contributed by atoms with E-state index in [-0.39, 0.29) is 24.1 Å². The Morgan fingerprint density at radius 2 is 1.90 bits per heavy atom. The van der Waals surface area contributed by atoms with Gasteiger partial charge in [-0.05, 0) is 28.7 Å². The number of amides is 1. The first-order valence-electron chi connectivity index (χ1n) is 9.46. The molecule has 30 heavy (non-hydrogen) atoms. The molecule has 0 radical (unpaired) electrons. The molecule has 1 amide bonds. The van der Waals surface area contributed by atoms with Crippen LogP contribution in [0, 0.1) is 16.0 Å². The van der Waals surface area contributed by atoms with Gasteiger partial charge in [0.05, 0.1) is 22.9 Å². The number of carbonyl (C=O) groups is 2. The van der Waals surface area contributed by atoms with Gasteiger partial charge in [-0.3, -0.25) is 19.7 Å². The number of nitro benzene ring substituents is 1. The van der Waals surface area contributed by atoms with Crippen molar-refractivity contribution in [2.24, 2.45) is 11.7 Å². The summed E-state index contributed by atoms with van der Waals surface area (Å²) in [4.78, 5) is 38.6. The molecule has 154 valence electrons. The molecule has 0 saturated heterocycles. The number of nitro groups is 1. The van der Waals surface area contributed by atoms with Crippen LogP contribution >= 0.6 is 0 Å². The summed E-state index contributed by atoms with van der Waals surface area (Å²) in [7, 11) is 0. The molecule has 2 N–H and O–H groups in total. The van der Waals surface area contributed by atoms with E-state index in [1.165, 1.54) is 0 Å². The number of nitrogens with two attached hydrogens (primary N) is 1. The van der Waals surface area contributed by atoms with Gasteiger partial charge in [-0.25, -0.2) is 4.98 Å². The number of ketones is 1. The molecule has 2 aromatic carbocycles. The van der Waals surface area contributed by atoms with Crippen LogP contribution in [0.15, 0.2) is 61.2 Å². The van der Waals surface area contributed by atoms with Crippen molar-refractivity contribution in [3.63, 3.8) is 0 Å². The van der Waals surface area contributed by atoms with Gasteiger partial charge in [0.25, 0.3) is 11.6 Å². The highest BCUT2D eigenvalue weighted by Crippen LogP contribution is 2.36. The van der Waals surface area contributed by atoms with E-state index in [0.717, 1.165) is 5.56 Å². The van der Waals surface area contributed by atoms with Gasteiger partial charge in [0.1, 0.15) is 0 Å². The highest BCUT2D eigenvalue weighted by molar-refractivity contribution is 6.36. The number of primary amides is 1. The monoisotopic (exact) mass is 406 g/mol. The van der Waals surface area contributed by atoms with Crippen molar-refractivity contribution in [3.05, 3.63) is 82.4 Å². The van der Waals surface area contributed by atoms with Crippen LogP contribution in [0.4, 0.5) is 5.69 Å². The molecule has 1 heterocycles. The van der Waals surface area contributed by atoms with Crippen molar-refractivity contribution in [3.8, 4) is 11.1 Å². The van der Waals surface area contributed by atoms with E-state index in [1.807, 2.05) is 30.7 Å². The molecule has 8 nitrogen and oxygen atoms in total. The topological polar surface area (TPSA) is 121 Å². The fraction of sp³-hybridized carbons (Fsp3) is 0.227. The van der Waals surface area contributed by atoms with Crippen LogP contribution in [0.3, 0.4) is 0 Å². The summed E-state index contributed by atoms with van der Waals surface area (Å²) in [6.07, 6.45) is 4.97. The molecule has 0 aliphatic rings. The maximum Gasteiger partial charge on any atom is 0.285 e. The molecule has 1 atom stereocenters. The number of rotatable bonds is 8. The van der Waals surface area contributed by atoms with Crippen molar-refractivity contribution in [1.82, 2.24) is 9.55 Å². The first-order valence-corrected chi connectivity index (χ1v) is 9.46. The summed E-state index contributed by atoms with van der Waals surface area (Å²) in [5, 5.41) is 11.9. The summed E-state index contributed by atoms with van der Waals surface area (Å²) < 4.78 is 1.92. The second-order valence-electron chi connectivity index (χ2n) is 7.35. The van der Waals surface area contributed by atoms with Gasteiger partial charge in [0, 0.05) is 24.9 Å². The lowest BCUT2D eigenvalue weighted by atomic mass is 9.90. The van der Waals surface area contributed by atoms with Crippen LogP contribution in [0.1, 0.15) is 31.0 Å². The lowest BCUT2D eigenvalue weighted by molar-refractivity contribution is -0.384. The Kier molecular flexibility index (Phi) is 6.06. The highest BCUT2D eigenvalue weighted by Gasteiger charge is 2.24. The third-order valence-corrected chi connectivity index (χ3v) is 4.97. The highest BCUT2D eigenvalue weighted by atomic mass is 16.6. The van der Waals surface area contributed by atoms with E-state index in [1.54, 1.807) is 48.9 Å². The average Bonchev–Trinajstić information content (AvgIpc) is 3.22. The maximum atomic E-state index is 11.9. The lowest BCUT2D eigenvalue weighted by Crippen LogP contribution is -2.24. The molecule has 0 saturated carbocycles. The zero-order valence-corrected chi connectivity index (χ0v) is 16.7. The van der Waals surface area contributed by atoms with Gasteiger partial charge in [-0.2, -0.15) is 0 Å². The van der Waals surface area contributed by atoms with Crippen molar-refractivity contribution in [2.45, 2.75) is 26.3 Å². The molecular formula is C22H22N4O4. The maximum absolute atomic E-state index is 11.9. The van der Waals surface area contributed by atoms with E-state index in [2.05, 4.69) is 4.98 Å². The van der Waals surface area contributed by atoms with E-state index < -0.39 is 16.6 Å². The van der Waals surface area contributed by atoms with E-state index in [0.29, 0.717) is 16.7 Å². The summed E-state index contributed by atoms with van der Waals surface area (Å²) in [6.45, 7) is 4.07. The number of aromatic nitrogens is 2. The summed E-state index contributed by atoms with van der Waals surface area (Å²) in [6, 6.07) is 11.8. The van der Waals surface area contributed by atoms with Crippen LogP contribution in [-0.2, 0) is 16.0 Å². The van der Waals surface area contributed by atoms with Crippen LogP contribution < -0.4 is 5.73 Å². The quantitative estimate of drug-likeness (QED) is 0.349. The van der Waals surface area contributed by atoms with Crippen LogP contribution in [0.2, 0.25) is 0 Å². The minimum atomic E-state index is -1.03. The van der Waals surface area contributed by atoms with Gasteiger partial charge in [-0.15, -0.1) is 0 Å². The third-order valence-electron chi connectivity index (χ3n) is 4.97. The van der Waals surface area contributed by atoms with Crippen molar-refractivity contribution in [2.75, 3.05) is 0 Å². The molecule has 0 aliphatic heterocycles. The third kappa shape index (κ3) is 4.27. The van der Waals surface area contributed by atoms with Gasteiger partial charge in [0.2, 0.25) is 5.78 Å². The molecule has 3 aromatic rings. The van der Waals surface area contributed by atoms with Crippen LogP contribution in [0.5, 0.6) is 0 Å². The van der Waals surface area contributed by atoms with E-state index >= 15 is 0 Å². The molecule has 0 spiro atoms. The fourth-order valence-electron chi connectivity index (χ4n) is 3.64. The Morgan fingerprint density at radius 3 is 2.50 bits per heavy atom. The smallest absolute Gasteiger partial charge is 0.285 e. The molecule has 1 aromatic heterocycles. The van der Waals surface area contributed by atoms with Gasteiger partial charge >= 0.3 is 0 Å². The molecule has 3 rings (SSSR count). The predicted octanol–water partition coefficient (Wildman–Crippen LogP) is 3.30. The average molecular weight is 406 g/mol. The van der Waals surface area contributed by atoms with Crippen molar-refractivity contribution >= 4 is 17.4 Å². The number of Topliss-reactive ketones (excluding diaryl/α,β-unsaturated/α-hetero) is 1. The minimum absolute atomic E-state index is 0.0720. The molecular weight excluding hydrogens is 384 g/mol. The van der Waals surface area contributed by atoms with Gasteiger partial charge in [-0.1, -0.05) is 44.2 Å². The zero-order chi connectivity index (χ0) is 21.8. The molecule has 0 fully saturated rings. The minimum Gasteiger partial charge on any atom is -0.363 e. The number of nitrogens with zero attached hydrogens (tertiary/aromatic N) is 3. The number of carbonyl (C=O) groups excluding carboxylic acids is 2. The number of imidazole rings is 1. The fourth-order valence-corrected chi connectivity index (χ4v) is 3.64. The summed E-state index contributed by atoms with van der Waals surface area (Å²) >= 11 is 0. The second-order valence-corrected chi connectivity index (χ2v) is 7.35. The number of hydrogen-bond acceptors (Lipinski definition) is 5. The van der Waals surface area contributed by atoms with Crippen LogP contribution in [0.25, 0.3) is 11.1 Å². The standard InChI is InChI=1S/C22H22N4O4/c1-14(2)21(25-10-9-24-13-25)16-7-8-18(19(11-16)26(29)30)17-6-4-3-5-15(17)12-20(27)22(23)28/h3-11,13-14,21H,12H2,1-2H3,(H2,23,28). The summed E-state index contributed by atoms with van der Waals surface area (Å²) in [5.41, 5.74) is 7.19. The van der Waals surface area contributed by atoms with E-state index in [9.17, 15) is 19.7 Å². The van der Waals surface area contributed by atoms with Crippen molar-refractivity contribution < 1.29 is 14.5 Å². The molecule has 8 heteroatoms. The Balaban J connectivity index is 2.11. The molecule has 0 bridgehead atoms. The lowest BCUT2D eigenvalue weighted by Gasteiger charge is -2.23. The van der Waals surface area contributed by atoms with Crippen molar-refractivity contribution in [1.29, 1.82) is 0 Å². The first kappa shape index (κ1) is 20.9. The number of benzene rings is 2. The first-order chi connectivity index (χ1) is 14.3. The Labute approximate surface area is 173 Å². The zero-order valence-electron chi connectivity index (χ0n) is 16.7. The molecule has 1 unspecified atom stereocenters. The number of hydrogen-bond donors (Lipinski definition) is 1. The molecule has 0 aliphatic carbocycles. The second kappa shape index (κ2) is 8.69. The Hall–Kier alpha value is -3.81. The van der Waals surface area contributed by atoms with E-state index in [4.69, 9.17) is 5.73 Å². The van der Waals surface area contributed by atoms with Gasteiger partial charge in [0.15, 0.2) is 0 Å². The predicted molar refractivity (Wildman–Crippen MR) is 112 cm³/mol.